The lowest BCUT2D eigenvalue weighted by molar-refractivity contribution is 0.468. The molecule has 3 heteroatoms. The van der Waals surface area contributed by atoms with Crippen molar-refractivity contribution in [2.75, 3.05) is 0 Å². The molecule has 0 heterocycles. The number of rotatable bonds is 2. The number of halogens is 1. The highest BCUT2D eigenvalue weighted by Crippen LogP contribution is 2.14. The smallest absolute Gasteiger partial charge is 0.130 e. The van der Waals surface area contributed by atoms with E-state index in [9.17, 15) is 4.39 Å². The molecule has 0 aliphatic rings. The number of aromatic hydroxyl groups is 1. The van der Waals surface area contributed by atoms with Gasteiger partial charge in [0.2, 0.25) is 0 Å². The first-order valence-electron chi connectivity index (χ1n) is 3.15. The first-order valence-corrected chi connectivity index (χ1v) is 3.62. The van der Waals surface area contributed by atoms with E-state index in [1.54, 1.807) is 0 Å². The number of thiocarbonyl (C=S) groups is 1. The molecule has 11 heavy (non-hydrogen) atoms. The lowest BCUT2D eigenvalue weighted by Crippen LogP contribution is -1.88. The molecule has 0 aromatic heterocycles. The van der Waals surface area contributed by atoms with Crippen LogP contribution in [0.25, 0.3) is 0 Å². The molecule has 0 aliphatic heterocycles. The van der Waals surface area contributed by atoms with Gasteiger partial charge in [-0.3, -0.25) is 0 Å². The van der Waals surface area contributed by atoms with Crippen LogP contribution in [-0.4, -0.2) is 10.5 Å². The van der Waals surface area contributed by atoms with Gasteiger partial charge in [0.1, 0.15) is 11.6 Å². The van der Waals surface area contributed by atoms with Crippen LogP contribution in [0.15, 0.2) is 18.2 Å². The molecule has 0 unspecified atom stereocenters. The third-order valence-electron chi connectivity index (χ3n) is 1.34. The molecule has 1 aromatic carbocycles. The van der Waals surface area contributed by atoms with Crippen LogP contribution in [0.5, 0.6) is 5.75 Å². The van der Waals surface area contributed by atoms with Crippen molar-refractivity contribution in [1.82, 2.24) is 0 Å². The molecule has 0 aliphatic carbocycles. The first-order chi connectivity index (χ1) is 5.24. The van der Waals surface area contributed by atoms with Crippen molar-refractivity contribution in [3.8, 4) is 5.75 Å². The summed E-state index contributed by atoms with van der Waals surface area (Å²) in [5.74, 6) is -0.471. The number of phenolic OH excluding ortho intramolecular Hbond substituents is 1. The Labute approximate surface area is 69.5 Å². The number of hydrogen-bond acceptors (Lipinski definition) is 2. The fourth-order valence-corrected chi connectivity index (χ4v) is 0.971. The van der Waals surface area contributed by atoms with Crippen LogP contribution < -0.4 is 0 Å². The summed E-state index contributed by atoms with van der Waals surface area (Å²) in [6, 6.07) is 4.04. The molecule has 0 saturated carbocycles. The molecule has 0 amide bonds. The fraction of sp³-hybridized carbons (Fsp3) is 0.125. The summed E-state index contributed by atoms with van der Waals surface area (Å²) >= 11 is 4.57. The zero-order valence-corrected chi connectivity index (χ0v) is 6.57. The van der Waals surface area contributed by atoms with Crippen LogP contribution in [0.1, 0.15) is 5.56 Å². The molecular formula is C8H7FOS. The van der Waals surface area contributed by atoms with Crippen molar-refractivity contribution in [1.29, 1.82) is 0 Å². The summed E-state index contributed by atoms with van der Waals surface area (Å²) in [4.78, 5) is 0. The van der Waals surface area contributed by atoms with Crippen LogP contribution >= 0.6 is 12.2 Å². The molecule has 0 fully saturated rings. The number of benzene rings is 1. The Morgan fingerprint density at radius 3 is 2.82 bits per heavy atom. The Bertz CT molecular complexity index is 273. The molecule has 0 bridgehead atoms. The van der Waals surface area contributed by atoms with E-state index in [4.69, 9.17) is 5.11 Å². The molecule has 0 radical (unpaired) electrons. The zero-order chi connectivity index (χ0) is 8.27. The van der Waals surface area contributed by atoms with Gasteiger partial charge in [-0.05, 0) is 17.0 Å². The van der Waals surface area contributed by atoms with Crippen molar-refractivity contribution in [2.24, 2.45) is 0 Å². The van der Waals surface area contributed by atoms with Gasteiger partial charge in [0.25, 0.3) is 0 Å². The Morgan fingerprint density at radius 2 is 2.27 bits per heavy atom. The summed E-state index contributed by atoms with van der Waals surface area (Å²) in [6.45, 7) is 0. The molecule has 1 rings (SSSR count). The number of hydrogen-bond donors (Lipinski definition) is 1. The molecule has 1 aromatic rings. The predicted octanol–water partition coefficient (Wildman–Crippen LogP) is 2.07. The number of phenols is 1. The topological polar surface area (TPSA) is 20.2 Å². The molecular weight excluding hydrogens is 163 g/mol. The maximum atomic E-state index is 12.8. The van der Waals surface area contributed by atoms with Crippen LogP contribution in [0.4, 0.5) is 4.39 Å². The van der Waals surface area contributed by atoms with Gasteiger partial charge >= 0.3 is 0 Å². The third kappa shape index (κ3) is 1.98. The van der Waals surface area contributed by atoms with Crippen molar-refractivity contribution >= 4 is 17.6 Å². The van der Waals surface area contributed by atoms with Gasteiger partial charge in [-0.25, -0.2) is 4.39 Å². The lowest BCUT2D eigenvalue weighted by Gasteiger charge is -1.98. The van der Waals surface area contributed by atoms with Crippen LogP contribution in [0, 0.1) is 5.82 Å². The van der Waals surface area contributed by atoms with Crippen molar-refractivity contribution < 1.29 is 9.50 Å². The van der Waals surface area contributed by atoms with E-state index in [0.29, 0.717) is 12.0 Å². The molecule has 1 N–H and O–H groups in total. The zero-order valence-electron chi connectivity index (χ0n) is 5.75. The van der Waals surface area contributed by atoms with Crippen molar-refractivity contribution in [3.63, 3.8) is 0 Å². The van der Waals surface area contributed by atoms with E-state index in [2.05, 4.69) is 12.2 Å². The largest absolute Gasteiger partial charge is 0.508 e. The Kier molecular flexibility index (Phi) is 2.54. The quantitative estimate of drug-likeness (QED) is 0.686. The third-order valence-corrected chi connectivity index (χ3v) is 1.51. The minimum atomic E-state index is -0.411. The van der Waals surface area contributed by atoms with Gasteiger partial charge in [-0.15, -0.1) is 0 Å². The van der Waals surface area contributed by atoms with Crippen molar-refractivity contribution in [2.45, 2.75) is 6.42 Å². The van der Waals surface area contributed by atoms with E-state index in [1.165, 1.54) is 17.5 Å². The standard InChI is InChI=1S/C8H7FOS/c9-8-5-7(10)2-1-6(8)3-4-11/h1-2,4-5,10H,3H2. The van der Waals surface area contributed by atoms with E-state index in [0.717, 1.165) is 6.07 Å². The maximum absolute atomic E-state index is 12.8. The summed E-state index contributed by atoms with van der Waals surface area (Å²) in [7, 11) is 0. The Balaban J connectivity index is 2.98. The van der Waals surface area contributed by atoms with Gasteiger partial charge in [-0.1, -0.05) is 18.3 Å². The summed E-state index contributed by atoms with van der Waals surface area (Å²) in [5.41, 5.74) is 0.512. The average molecular weight is 170 g/mol. The Hall–Kier alpha value is -0.960. The van der Waals surface area contributed by atoms with E-state index in [-0.39, 0.29) is 5.75 Å². The second kappa shape index (κ2) is 3.44. The summed E-state index contributed by atoms with van der Waals surface area (Å²) in [5, 5.41) is 10.3. The van der Waals surface area contributed by atoms with Gasteiger partial charge in [-0.2, -0.15) is 0 Å². The van der Waals surface area contributed by atoms with Crippen LogP contribution in [-0.2, 0) is 6.42 Å². The van der Waals surface area contributed by atoms with Gasteiger partial charge in [0.15, 0.2) is 0 Å². The predicted molar refractivity (Wildman–Crippen MR) is 45.4 cm³/mol. The Morgan fingerprint density at radius 1 is 1.55 bits per heavy atom. The van der Waals surface area contributed by atoms with E-state index < -0.39 is 5.82 Å². The molecule has 58 valence electrons. The van der Waals surface area contributed by atoms with Crippen molar-refractivity contribution in [3.05, 3.63) is 29.6 Å². The van der Waals surface area contributed by atoms with Crippen LogP contribution in [0.3, 0.4) is 0 Å². The normalized spacial score (nSPS) is 9.55. The van der Waals surface area contributed by atoms with Gasteiger partial charge in [0.05, 0.1) is 0 Å². The first kappa shape index (κ1) is 8.14. The average Bonchev–Trinajstić information content (AvgIpc) is 1.95. The highest BCUT2D eigenvalue weighted by Gasteiger charge is 2.00. The molecule has 0 saturated heterocycles. The summed E-state index contributed by atoms with van der Waals surface area (Å²) < 4.78 is 12.8. The molecule has 0 spiro atoms. The van der Waals surface area contributed by atoms with E-state index >= 15 is 0 Å². The second-order valence-corrected chi connectivity index (χ2v) is 2.48. The minimum Gasteiger partial charge on any atom is -0.508 e. The van der Waals surface area contributed by atoms with Gasteiger partial charge in [0, 0.05) is 12.5 Å². The van der Waals surface area contributed by atoms with Crippen LogP contribution in [0.2, 0.25) is 0 Å². The fourth-order valence-electron chi connectivity index (χ4n) is 0.792. The van der Waals surface area contributed by atoms with Gasteiger partial charge < -0.3 is 5.11 Å². The second-order valence-electron chi connectivity index (χ2n) is 2.15. The highest BCUT2D eigenvalue weighted by atomic mass is 32.1. The highest BCUT2D eigenvalue weighted by molar-refractivity contribution is 7.78. The monoisotopic (exact) mass is 170 g/mol. The minimum absolute atomic E-state index is 0.0596. The lowest BCUT2D eigenvalue weighted by atomic mass is 10.1. The SMILES string of the molecule is Oc1ccc(CC=S)c(F)c1. The molecule has 1 nitrogen and oxygen atoms in total. The molecule has 0 atom stereocenters. The summed E-state index contributed by atoms with van der Waals surface area (Å²) in [6.07, 6.45) is 0.418. The maximum Gasteiger partial charge on any atom is 0.130 e. The van der Waals surface area contributed by atoms with E-state index in [1.807, 2.05) is 0 Å².